The van der Waals surface area contributed by atoms with Gasteiger partial charge in [-0.3, -0.25) is 9.59 Å². The van der Waals surface area contributed by atoms with Crippen LogP contribution in [-0.4, -0.2) is 44.0 Å². The molecule has 0 bridgehead atoms. The smallest absolute Gasteiger partial charge is 0.225 e. The van der Waals surface area contributed by atoms with Gasteiger partial charge in [-0.1, -0.05) is 35.9 Å². The average molecular weight is 417 g/mol. The molecule has 1 aliphatic rings. The molecule has 0 aromatic heterocycles. The third-order valence-corrected chi connectivity index (χ3v) is 5.48. The van der Waals surface area contributed by atoms with Crippen LogP contribution in [0.1, 0.15) is 17.5 Å². The lowest BCUT2D eigenvalue weighted by atomic mass is 10.1. The van der Waals surface area contributed by atoms with Crippen molar-refractivity contribution >= 4 is 23.4 Å². The molecule has 6 nitrogen and oxygen atoms in total. The molecule has 154 valence electrons. The van der Waals surface area contributed by atoms with E-state index in [1.165, 1.54) is 0 Å². The molecular weight excluding hydrogens is 392 g/mol. The second-order valence-electron chi connectivity index (χ2n) is 6.99. The van der Waals surface area contributed by atoms with Crippen molar-refractivity contribution in [3.05, 3.63) is 58.6 Å². The van der Waals surface area contributed by atoms with Crippen molar-refractivity contribution in [1.29, 1.82) is 0 Å². The van der Waals surface area contributed by atoms with E-state index in [9.17, 15) is 9.59 Å². The molecule has 2 aromatic rings. The quantitative estimate of drug-likeness (QED) is 0.718. The van der Waals surface area contributed by atoms with Crippen molar-refractivity contribution in [2.45, 2.75) is 19.4 Å². The van der Waals surface area contributed by atoms with Gasteiger partial charge in [0.1, 0.15) is 0 Å². The van der Waals surface area contributed by atoms with Crippen LogP contribution < -0.4 is 14.8 Å². The fraction of sp³-hybridized carbons (Fsp3) is 0.364. The number of nitrogens with one attached hydrogen (secondary N) is 1. The van der Waals surface area contributed by atoms with E-state index >= 15 is 0 Å². The summed E-state index contributed by atoms with van der Waals surface area (Å²) >= 11 is 6.12. The number of carbonyl (C=O) groups is 2. The summed E-state index contributed by atoms with van der Waals surface area (Å²) in [5.74, 6) is 0.879. The largest absolute Gasteiger partial charge is 0.493 e. The van der Waals surface area contributed by atoms with Gasteiger partial charge >= 0.3 is 0 Å². The minimum absolute atomic E-state index is 0.00312. The predicted molar refractivity (Wildman–Crippen MR) is 111 cm³/mol. The number of ether oxygens (including phenoxy) is 2. The Morgan fingerprint density at radius 1 is 1.17 bits per heavy atom. The van der Waals surface area contributed by atoms with Gasteiger partial charge in [0.25, 0.3) is 0 Å². The van der Waals surface area contributed by atoms with Gasteiger partial charge in [-0.05, 0) is 35.7 Å². The van der Waals surface area contributed by atoms with Gasteiger partial charge < -0.3 is 19.7 Å². The Hall–Kier alpha value is -2.73. The van der Waals surface area contributed by atoms with Crippen molar-refractivity contribution < 1.29 is 19.1 Å². The topological polar surface area (TPSA) is 67.9 Å². The molecule has 1 unspecified atom stereocenters. The number of rotatable bonds is 8. The summed E-state index contributed by atoms with van der Waals surface area (Å²) in [7, 11) is 3.19. The number of benzene rings is 2. The molecule has 3 rings (SSSR count). The Labute approximate surface area is 175 Å². The maximum Gasteiger partial charge on any atom is 0.225 e. The molecule has 2 amide bonds. The van der Waals surface area contributed by atoms with Crippen molar-refractivity contribution in [2.75, 3.05) is 27.3 Å². The van der Waals surface area contributed by atoms with E-state index in [4.69, 9.17) is 21.1 Å². The molecule has 29 heavy (non-hydrogen) atoms. The highest BCUT2D eigenvalue weighted by Crippen LogP contribution is 2.28. The van der Waals surface area contributed by atoms with E-state index in [0.717, 1.165) is 11.1 Å². The maximum atomic E-state index is 12.5. The molecule has 2 aromatic carbocycles. The summed E-state index contributed by atoms with van der Waals surface area (Å²) in [4.78, 5) is 26.6. The van der Waals surface area contributed by atoms with Gasteiger partial charge in [0.2, 0.25) is 11.8 Å². The van der Waals surface area contributed by atoms with E-state index in [-0.39, 0.29) is 24.2 Å². The third-order valence-electron chi connectivity index (χ3n) is 5.11. The number of halogens is 1. The lowest BCUT2D eigenvalue weighted by Crippen LogP contribution is -2.33. The normalized spacial score (nSPS) is 16.0. The molecule has 1 aliphatic heterocycles. The van der Waals surface area contributed by atoms with E-state index in [2.05, 4.69) is 5.32 Å². The average Bonchev–Trinajstić information content (AvgIpc) is 3.11. The Balaban J connectivity index is 1.52. The molecule has 7 heteroatoms. The van der Waals surface area contributed by atoms with Crippen molar-refractivity contribution in [1.82, 2.24) is 10.2 Å². The first kappa shape index (κ1) is 21.0. The first-order chi connectivity index (χ1) is 14.0. The van der Waals surface area contributed by atoms with Crippen molar-refractivity contribution in [3.63, 3.8) is 0 Å². The Kier molecular flexibility index (Phi) is 6.99. The zero-order valence-corrected chi connectivity index (χ0v) is 17.4. The minimum atomic E-state index is -0.338. The number of hydrogen-bond donors (Lipinski definition) is 1. The summed E-state index contributed by atoms with van der Waals surface area (Å²) in [6, 6.07) is 13.1. The number of carbonyl (C=O) groups excluding carboxylic acids is 2. The lowest BCUT2D eigenvalue weighted by molar-refractivity contribution is -0.129. The fourth-order valence-corrected chi connectivity index (χ4v) is 3.64. The highest BCUT2D eigenvalue weighted by Gasteiger charge is 2.33. The summed E-state index contributed by atoms with van der Waals surface area (Å²) in [5, 5.41) is 3.51. The summed E-state index contributed by atoms with van der Waals surface area (Å²) in [6.07, 6.45) is 0.917. The van der Waals surface area contributed by atoms with Crippen molar-refractivity contribution in [2.24, 2.45) is 5.92 Å². The highest BCUT2D eigenvalue weighted by atomic mass is 35.5. The van der Waals surface area contributed by atoms with E-state index in [1.807, 2.05) is 36.4 Å². The van der Waals surface area contributed by atoms with Crippen LogP contribution >= 0.6 is 11.6 Å². The van der Waals surface area contributed by atoms with Gasteiger partial charge in [0.05, 0.1) is 20.1 Å². The zero-order chi connectivity index (χ0) is 20.8. The van der Waals surface area contributed by atoms with Crippen molar-refractivity contribution in [3.8, 4) is 11.5 Å². The van der Waals surface area contributed by atoms with E-state index in [0.29, 0.717) is 42.6 Å². The highest BCUT2D eigenvalue weighted by molar-refractivity contribution is 6.31. The SMILES string of the molecule is COc1ccc(CCN2CC(C(=O)NCc3ccccc3Cl)CC2=O)cc1OC. The van der Waals surface area contributed by atoms with Crippen LogP contribution in [0.25, 0.3) is 0 Å². The number of likely N-dealkylation sites (tertiary alicyclic amines) is 1. The van der Waals surface area contributed by atoms with Crippen LogP contribution in [0.4, 0.5) is 0 Å². The first-order valence-corrected chi connectivity index (χ1v) is 9.89. The maximum absolute atomic E-state index is 12.5. The Morgan fingerprint density at radius 2 is 1.93 bits per heavy atom. The summed E-state index contributed by atoms with van der Waals surface area (Å²) in [5.41, 5.74) is 1.90. The van der Waals surface area contributed by atoms with Gasteiger partial charge in [-0.15, -0.1) is 0 Å². The van der Waals surface area contributed by atoms with E-state index < -0.39 is 0 Å². The predicted octanol–water partition coefficient (Wildman–Crippen LogP) is 3.06. The molecule has 1 N–H and O–H groups in total. The second-order valence-corrected chi connectivity index (χ2v) is 7.40. The zero-order valence-electron chi connectivity index (χ0n) is 16.6. The van der Waals surface area contributed by atoms with Gasteiger partial charge in [-0.25, -0.2) is 0 Å². The van der Waals surface area contributed by atoms with Crippen LogP contribution in [0.2, 0.25) is 5.02 Å². The third kappa shape index (κ3) is 5.21. The molecule has 1 fully saturated rings. The van der Waals surface area contributed by atoms with Gasteiger partial charge in [-0.2, -0.15) is 0 Å². The molecule has 0 saturated carbocycles. The van der Waals surface area contributed by atoms with Crippen LogP contribution in [0, 0.1) is 5.92 Å². The van der Waals surface area contributed by atoms with Crippen LogP contribution in [0.3, 0.4) is 0 Å². The summed E-state index contributed by atoms with van der Waals surface area (Å²) in [6.45, 7) is 1.35. The second kappa shape index (κ2) is 9.65. The Morgan fingerprint density at radius 3 is 2.66 bits per heavy atom. The number of hydrogen-bond acceptors (Lipinski definition) is 4. The molecular formula is C22H25ClN2O4. The number of amides is 2. The molecule has 0 aliphatic carbocycles. The minimum Gasteiger partial charge on any atom is -0.493 e. The summed E-state index contributed by atoms with van der Waals surface area (Å²) < 4.78 is 10.6. The first-order valence-electron chi connectivity index (χ1n) is 9.51. The van der Waals surface area contributed by atoms with Crippen LogP contribution in [0.15, 0.2) is 42.5 Å². The standard InChI is InChI=1S/C22H25ClN2O4/c1-28-19-8-7-15(11-20(19)29-2)9-10-25-14-17(12-21(25)26)22(27)24-13-16-5-3-4-6-18(16)23/h3-8,11,17H,9-10,12-14H2,1-2H3,(H,24,27). The molecule has 1 saturated heterocycles. The monoisotopic (exact) mass is 416 g/mol. The van der Waals surface area contributed by atoms with Crippen LogP contribution in [-0.2, 0) is 22.6 Å². The fourth-order valence-electron chi connectivity index (χ4n) is 3.43. The van der Waals surface area contributed by atoms with E-state index in [1.54, 1.807) is 25.2 Å². The molecule has 0 spiro atoms. The lowest BCUT2D eigenvalue weighted by Gasteiger charge is -2.17. The van der Waals surface area contributed by atoms with Gasteiger partial charge in [0.15, 0.2) is 11.5 Å². The molecule has 0 radical (unpaired) electrons. The number of nitrogens with zero attached hydrogens (tertiary/aromatic N) is 1. The van der Waals surface area contributed by atoms with Crippen LogP contribution in [0.5, 0.6) is 11.5 Å². The van der Waals surface area contributed by atoms with Gasteiger partial charge in [0, 0.05) is 31.1 Å². The molecule has 1 atom stereocenters. The Bertz CT molecular complexity index is 887. The molecule has 1 heterocycles. The number of methoxy groups -OCH3 is 2.